The highest BCUT2D eigenvalue weighted by atomic mass is 19.1. The van der Waals surface area contributed by atoms with E-state index in [1.54, 1.807) is 12.1 Å². The monoisotopic (exact) mass is 468 g/mol. The van der Waals surface area contributed by atoms with Gasteiger partial charge >= 0.3 is 11.9 Å². The number of anilines is 1. The Bertz CT molecular complexity index is 1060. The summed E-state index contributed by atoms with van der Waals surface area (Å²) in [6.45, 7) is 2.94. The topological polar surface area (TPSA) is 99.1 Å². The Balaban J connectivity index is 0.000000297. The molecule has 1 unspecified atom stereocenters. The number of piperidine rings is 1. The number of ether oxygens (including phenoxy) is 1. The Labute approximate surface area is 197 Å². The molecule has 2 heterocycles. The van der Waals surface area contributed by atoms with E-state index in [9.17, 15) is 14.0 Å². The van der Waals surface area contributed by atoms with Crippen LogP contribution in [0, 0.1) is 5.82 Å². The van der Waals surface area contributed by atoms with E-state index in [1.165, 1.54) is 22.4 Å². The van der Waals surface area contributed by atoms with Gasteiger partial charge in [-0.15, -0.1) is 0 Å². The van der Waals surface area contributed by atoms with Gasteiger partial charge in [0.05, 0.1) is 12.3 Å². The molecule has 7 nitrogen and oxygen atoms in total. The molecule has 0 amide bonds. The lowest BCUT2D eigenvalue weighted by Gasteiger charge is -2.35. The maximum atomic E-state index is 13.4. The van der Waals surface area contributed by atoms with Gasteiger partial charge in [0.25, 0.3) is 0 Å². The summed E-state index contributed by atoms with van der Waals surface area (Å²) >= 11 is 0. The number of para-hydroxylation sites is 1. The minimum atomic E-state index is -1.26. The third kappa shape index (κ3) is 5.94. The highest BCUT2D eigenvalue weighted by molar-refractivity contribution is 5.89. The Morgan fingerprint density at radius 3 is 2.38 bits per heavy atom. The fourth-order valence-corrected chi connectivity index (χ4v) is 4.91. The summed E-state index contributed by atoms with van der Waals surface area (Å²) in [6, 6.07) is 12.8. The molecule has 0 aromatic heterocycles. The maximum Gasteiger partial charge on any atom is 0.328 e. The normalized spacial score (nSPS) is 19.2. The molecule has 0 saturated carbocycles. The summed E-state index contributed by atoms with van der Waals surface area (Å²) in [5, 5.41) is 19.5. The zero-order valence-corrected chi connectivity index (χ0v) is 18.9. The summed E-state index contributed by atoms with van der Waals surface area (Å²) in [5.41, 5.74) is 5.09. The first-order chi connectivity index (χ1) is 16.4. The molecule has 1 saturated heterocycles. The van der Waals surface area contributed by atoms with Crippen molar-refractivity contribution in [1.82, 2.24) is 5.32 Å². The zero-order chi connectivity index (χ0) is 24.1. The predicted molar refractivity (Wildman–Crippen MR) is 126 cm³/mol. The van der Waals surface area contributed by atoms with Gasteiger partial charge in [-0.2, -0.15) is 0 Å². The highest BCUT2D eigenvalue weighted by Gasteiger charge is 2.28. The average molecular weight is 469 g/mol. The number of fused-ring (bicyclic) bond motifs is 2. The van der Waals surface area contributed by atoms with Gasteiger partial charge in [0.1, 0.15) is 11.6 Å². The molecule has 0 spiro atoms. The van der Waals surface area contributed by atoms with Gasteiger partial charge < -0.3 is 25.2 Å². The molecule has 1 atom stereocenters. The van der Waals surface area contributed by atoms with Crippen LogP contribution in [0.25, 0.3) is 0 Å². The number of aliphatic carboxylic acids is 2. The van der Waals surface area contributed by atoms with Crippen LogP contribution in [0.15, 0.2) is 48.6 Å². The van der Waals surface area contributed by atoms with Gasteiger partial charge in [0, 0.05) is 43.7 Å². The van der Waals surface area contributed by atoms with Crippen LogP contribution in [0.1, 0.15) is 29.5 Å². The molecule has 3 aliphatic rings. The highest BCUT2D eigenvalue weighted by Crippen LogP contribution is 2.37. The molecule has 8 heteroatoms. The Morgan fingerprint density at radius 1 is 0.971 bits per heavy atom. The lowest BCUT2D eigenvalue weighted by molar-refractivity contribution is -0.134. The zero-order valence-electron chi connectivity index (χ0n) is 18.9. The second kappa shape index (κ2) is 10.7. The van der Waals surface area contributed by atoms with Crippen LogP contribution >= 0.6 is 0 Å². The molecule has 1 fully saturated rings. The lowest BCUT2D eigenvalue weighted by atomic mass is 10.0. The van der Waals surface area contributed by atoms with Crippen molar-refractivity contribution < 1.29 is 28.9 Å². The molecule has 2 aromatic rings. The number of carbonyl (C=O) groups is 2. The molecule has 2 aliphatic heterocycles. The number of halogens is 1. The molecule has 34 heavy (non-hydrogen) atoms. The molecule has 1 aliphatic carbocycles. The average Bonchev–Trinajstić information content (AvgIpc) is 3.45. The molecular formula is C26H29FN2O5. The van der Waals surface area contributed by atoms with Crippen LogP contribution in [0.2, 0.25) is 0 Å². The Kier molecular flexibility index (Phi) is 7.47. The van der Waals surface area contributed by atoms with Crippen LogP contribution in [-0.4, -0.2) is 53.9 Å². The first-order valence-electron chi connectivity index (χ1n) is 11.6. The molecule has 3 N–H and O–H groups in total. The van der Waals surface area contributed by atoms with E-state index in [1.807, 2.05) is 6.07 Å². The number of nitrogens with one attached hydrogen (secondary N) is 1. The summed E-state index contributed by atoms with van der Waals surface area (Å²) in [5.74, 6) is -1.53. The molecule has 2 aromatic carbocycles. The standard InChI is InChI=1S/C22H25FN2O.C4H4O4/c23-18-5-4-16-13-20(14-17(16)12-18)24-19-6-9-25(10-7-19)21-3-1-2-15-8-11-26-22(15)21;5-3(6)1-2-4(7)8/h1-5,12,19-20,24H,6-11,13-14H2;1-2H,(H,5,6)(H,7,8)/b;2-1+. The minimum Gasteiger partial charge on any atom is -0.491 e. The number of carboxylic acid groups (broad SMARTS) is 2. The predicted octanol–water partition coefficient (Wildman–Crippen LogP) is 3.20. The number of nitrogens with zero attached hydrogens (tertiary/aromatic N) is 1. The molecule has 0 radical (unpaired) electrons. The lowest BCUT2D eigenvalue weighted by Crippen LogP contribution is -2.46. The van der Waals surface area contributed by atoms with Crippen LogP contribution in [-0.2, 0) is 28.9 Å². The summed E-state index contributed by atoms with van der Waals surface area (Å²) in [7, 11) is 0. The van der Waals surface area contributed by atoms with Crippen molar-refractivity contribution >= 4 is 17.6 Å². The first kappa shape index (κ1) is 23.8. The smallest absolute Gasteiger partial charge is 0.328 e. The summed E-state index contributed by atoms with van der Waals surface area (Å²) in [4.78, 5) is 21.6. The first-order valence-corrected chi connectivity index (χ1v) is 11.6. The van der Waals surface area contributed by atoms with Crippen molar-refractivity contribution in [2.45, 2.75) is 44.2 Å². The van der Waals surface area contributed by atoms with Gasteiger partial charge in [0.2, 0.25) is 0 Å². The van der Waals surface area contributed by atoms with Crippen LogP contribution in [0.3, 0.4) is 0 Å². The van der Waals surface area contributed by atoms with E-state index in [-0.39, 0.29) is 5.82 Å². The van der Waals surface area contributed by atoms with Crippen molar-refractivity contribution in [3.63, 3.8) is 0 Å². The molecule has 0 bridgehead atoms. The molecule has 5 rings (SSSR count). The number of hydrogen-bond donors (Lipinski definition) is 3. The van der Waals surface area contributed by atoms with Gasteiger partial charge in [-0.25, -0.2) is 14.0 Å². The summed E-state index contributed by atoms with van der Waals surface area (Å²) in [6.07, 6.45) is 6.41. The second-order valence-corrected chi connectivity index (χ2v) is 8.82. The molecule has 180 valence electrons. The second-order valence-electron chi connectivity index (χ2n) is 8.82. The van der Waals surface area contributed by atoms with Crippen molar-refractivity contribution in [3.8, 4) is 5.75 Å². The number of rotatable bonds is 5. The van der Waals surface area contributed by atoms with Crippen molar-refractivity contribution in [1.29, 1.82) is 0 Å². The van der Waals surface area contributed by atoms with E-state index in [0.717, 1.165) is 57.6 Å². The van der Waals surface area contributed by atoms with Crippen LogP contribution in [0.5, 0.6) is 5.75 Å². The largest absolute Gasteiger partial charge is 0.491 e. The molecular weight excluding hydrogens is 439 g/mol. The van der Waals surface area contributed by atoms with E-state index < -0.39 is 11.9 Å². The number of carboxylic acids is 2. The summed E-state index contributed by atoms with van der Waals surface area (Å²) < 4.78 is 19.3. The van der Waals surface area contributed by atoms with E-state index in [0.29, 0.717) is 24.2 Å². The van der Waals surface area contributed by atoms with Crippen LogP contribution < -0.4 is 15.0 Å². The fraction of sp³-hybridized carbons (Fsp3) is 0.385. The number of hydrogen-bond acceptors (Lipinski definition) is 5. The van der Waals surface area contributed by atoms with Crippen LogP contribution in [0.4, 0.5) is 10.1 Å². The van der Waals surface area contributed by atoms with Gasteiger partial charge in [-0.05, 0) is 60.6 Å². The van der Waals surface area contributed by atoms with Gasteiger partial charge in [-0.3, -0.25) is 0 Å². The van der Waals surface area contributed by atoms with Crippen molar-refractivity contribution in [2.24, 2.45) is 0 Å². The Morgan fingerprint density at radius 2 is 1.68 bits per heavy atom. The van der Waals surface area contributed by atoms with E-state index in [2.05, 4.69) is 28.4 Å². The van der Waals surface area contributed by atoms with Gasteiger partial charge in [0.15, 0.2) is 0 Å². The van der Waals surface area contributed by atoms with E-state index >= 15 is 0 Å². The minimum absolute atomic E-state index is 0.115. The third-order valence-electron chi connectivity index (χ3n) is 6.47. The van der Waals surface area contributed by atoms with E-state index in [4.69, 9.17) is 14.9 Å². The van der Waals surface area contributed by atoms with Gasteiger partial charge in [-0.1, -0.05) is 18.2 Å². The third-order valence-corrected chi connectivity index (χ3v) is 6.47. The quantitative estimate of drug-likeness (QED) is 0.580. The Hall–Kier alpha value is -3.39. The maximum absolute atomic E-state index is 13.4. The SMILES string of the molecule is Fc1ccc2c(c1)CC(NC1CCN(c3cccc4c3OCC4)CC1)C2.O=C(O)/C=C/C(=O)O. The fourth-order valence-electron chi connectivity index (χ4n) is 4.91. The van der Waals surface area contributed by atoms with Crippen molar-refractivity contribution in [3.05, 3.63) is 71.1 Å². The number of benzene rings is 2. The van der Waals surface area contributed by atoms with Crippen molar-refractivity contribution in [2.75, 3.05) is 24.6 Å².